The Morgan fingerprint density at radius 3 is 2.33 bits per heavy atom. The molecule has 0 saturated carbocycles. The Bertz CT molecular complexity index is 1330. The number of rotatable bonds is 9. The lowest BCUT2D eigenvalue weighted by Gasteiger charge is -2.32. The molecule has 8 nitrogen and oxygen atoms in total. The highest BCUT2D eigenvalue weighted by molar-refractivity contribution is 6.62. The molecule has 1 saturated heterocycles. The highest BCUT2D eigenvalue weighted by Crippen LogP contribution is 2.44. The van der Waals surface area contributed by atoms with E-state index in [1.807, 2.05) is 83.1 Å². The number of pyridine rings is 1. The molecule has 0 amide bonds. The van der Waals surface area contributed by atoms with Gasteiger partial charge in [-0.2, -0.15) is 0 Å². The van der Waals surface area contributed by atoms with Crippen LogP contribution >= 0.6 is 0 Å². The fourth-order valence-electron chi connectivity index (χ4n) is 4.45. The number of aromatic nitrogens is 1. The van der Waals surface area contributed by atoms with Crippen LogP contribution in [-0.4, -0.2) is 47.2 Å². The van der Waals surface area contributed by atoms with E-state index < -0.39 is 12.7 Å². The van der Waals surface area contributed by atoms with Gasteiger partial charge in [0.15, 0.2) is 17.6 Å². The van der Waals surface area contributed by atoms with Crippen LogP contribution in [0.5, 0.6) is 28.9 Å². The van der Waals surface area contributed by atoms with E-state index in [1.165, 1.54) is 0 Å². The van der Waals surface area contributed by atoms with Crippen molar-refractivity contribution in [2.45, 2.75) is 77.8 Å². The van der Waals surface area contributed by atoms with Gasteiger partial charge in [-0.05, 0) is 78.2 Å². The predicted octanol–water partition coefficient (Wildman–Crippen LogP) is 5.53. The molecule has 1 unspecified atom stereocenters. The van der Waals surface area contributed by atoms with E-state index in [2.05, 4.69) is 4.98 Å². The van der Waals surface area contributed by atoms with Crippen molar-refractivity contribution < 1.29 is 33.4 Å². The molecule has 2 aliphatic heterocycles. The van der Waals surface area contributed by atoms with Crippen LogP contribution < -0.4 is 24.4 Å². The van der Waals surface area contributed by atoms with Crippen LogP contribution in [0.3, 0.4) is 0 Å². The first kappa shape index (κ1) is 28.3. The molecule has 1 atom stereocenters. The second kappa shape index (κ2) is 10.6. The van der Waals surface area contributed by atoms with Crippen molar-refractivity contribution in [1.82, 2.24) is 4.98 Å². The van der Waals surface area contributed by atoms with Crippen molar-refractivity contribution in [3.8, 4) is 28.9 Å². The topological polar surface area (TPSA) is 88.5 Å². The molecule has 9 heteroatoms. The Hall–Kier alpha value is -3.27. The Morgan fingerprint density at radius 1 is 0.975 bits per heavy atom. The number of nitrogens with zero attached hydrogens (tertiary/aromatic N) is 1. The van der Waals surface area contributed by atoms with Crippen molar-refractivity contribution in [2.24, 2.45) is 0 Å². The van der Waals surface area contributed by atoms with E-state index in [9.17, 15) is 5.11 Å². The molecule has 40 heavy (non-hydrogen) atoms. The van der Waals surface area contributed by atoms with Gasteiger partial charge in [0.2, 0.25) is 5.88 Å². The average molecular weight is 547 g/mol. The third-order valence-electron chi connectivity index (χ3n) is 7.61. The number of hydrogen-bond acceptors (Lipinski definition) is 8. The van der Waals surface area contributed by atoms with E-state index in [0.29, 0.717) is 48.5 Å². The maximum Gasteiger partial charge on any atom is 0.494 e. The van der Waals surface area contributed by atoms with Gasteiger partial charge in [-0.1, -0.05) is 24.3 Å². The summed E-state index contributed by atoms with van der Waals surface area (Å²) in [5.74, 6) is 3.08. The van der Waals surface area contributed by atoms with Crippen LogP contribution in [0.25, 0.3) is 0 Å². The largest absolute Gasteiger partial charge is 0.494 e. The average Bonchev–Trinajstić information content (AvgIpc) is 3.37. The zero-order chi connectivity index (χ0) is 28.7. The summed E-state index contributed by atoms with van der Waals surface area (Å²) in [5.41, 5.74) is 0.989. The van der Waals surface area contributed by atoms with Crippen molar-refractivity contribution in [2.75, 3.05) is 13.2 Å². The molecule has 1 N–H and O–H groups in total. The first-order valence-corrected chi connectivity index (χ1v) is 13.7. The summed E-state index contributed by atoms with van der Waals surface area (Å²) in [6.07, 6.45) is 0.236. The number of aliphatic hydroxyl groups is 1. The quantitative estimate of drug-likeness (QED) is 0.350. The van der Waals surface area contributed by atoms with Crippen molar-refractivity contribution in [3.05, 3.63) is 65.9 Å². The van der Waals surface area contributed by atoms with Gasteiger partial charge in [-0.3, -0.25) is 0 Å². The molecule has 2 aliphatic rings. The van der Waals surface area contributed by atoms with Crippen LogP contribution in [-0.2, 0) is 9.31 Å². The lowest BCUT2D eigenvalue weighted by Crippen LogP contribution is -2.41. The Morgan fingerprint density at radius 2 is 1.68 bits per heavy atom. The summed E-state index contributed by atoms with van der Waals surface area (Å²) < 4.78 is 36.5. The second-order valence-electron chi connectivity index (χ2n) is 12.0. The summed E-state index contributed by atoms with van der Waals surface area (Å²) in [4.78, 5) is 4.49. The summed E-state index contributed by atoms with van der Waals surface area (Å²) in [6.45, 7) is 14.3. The molecule has 1 fully saturated rings. The number of aryl methyl sites for hydroxylation is 1. The van der Waals surface area contributed by atoms with Crippen LogP contribution in [0.15, 0.2) is 54.6 Å². The Kier molecular flexibility index (Phi) is 7.50. The molecule has 212 valence electrons. The van der Waals surface area contributed by atoms with Gasteiger partial charge < -0.3 is 33.4 Å². The van der Waals surface area contributed by atoms with Crippen LogP contribution in [0.4, 0.5) is 0 Å². The lowest BCUT2D eigenvalue weighted by molar-refractivity contribution is 0.00578. The van der Waals surface area contributed by atoms with Gasteiger partial charge in [0, 0.05) is 18.1 Å². The van der Waals surface area contributed by atoms with Crippen molar-refractivity contribution in [3.63, 3.8) is 0 Å². The summed E-state index contributed by atoms with van der Waals surface area (Å²) in [5, 5.41) is 9.87. The summed E-state index contributed by atoms with van der Waals surface area (Å²) >= 11 is 0. The molecular weight excluding hydrogens is 509 g/mol. The SMILES string of the molecule is Cc1nc(OCCC(C)(C)O)ccc1Oc1cccc2c1OCC2Oc1ccc(B2OC(C)(C)C(C)(C)O2)cc1. The van der Waals surface area contributed by atoms with Gasteiger partial charge in [0.25, 0.3) is 0 Å². The fraction of sp³-hybridized carbons (Fsp3) is 0.452. The first-order chi connectivity index (χ1) is 18.8. The minimum Gasteiger partial charge on any atom is -0.485 e. The van der Waals surface area contributed by atoms with E-state index in [0.717, 1.165) is 16.8 Å². The number of para-hydroxylation sites is 1. The standard InChI is InChI=1S/C31H38BNO7/c1-20-24(15-16-27(33-20)35-18-17-29(2,3)34)38-25-10-8-9-23-26(19-36-28(23)25)37-22-13-11-21(12-14-22)32-39-30(4,5)31(6,7)40-32/h8-16,26,34H,17-19H2,1-7H3. The fourth-order valence-corrected chi connectivity index (χ4v) is 4.45. The van der Waals surface area contributed by atoms with Crippen molar-refractivity contribution in [1.29, 1.82) is 0 Å². The maximum absolute atomic E-state index is 9.87. The molecule has 5 rings (SSSR count). The summed E-state index contributed by atoms with van der Waals surface area (Å²) in [7, 11) is -0.416. The number of hydrogen-bond donors (Lipinski definition) is 1. The zero-order valence-electron chi connectivity index (χ0n) is 24.3. The van der Waals surface area contributed by atoms with Gasteiger partial charge in [0.1, 0.15) is 18.1 Å². The van der Waals surface area contributed by atoms with Crippen LogP contribution in [0.1, 0.15) is 65.3 Å². The molecule has 0 aliphatic carbocycles. The van der Waals surface area contributed by atoms with Gasteiger partial charge in [-0.15, -0.1) is 0 Å². The predicted molar refractivity (Wildman–Crippen MR) is 153 cm³/mol. The molecule has 0 bridgehead atoms. The first-order valence-electron chi connectivity index (χ1n) is 13.7. The van der Waals surface area contributed by atoms with E-state index in [-0.39, 0.29) is 17.3 Å². The smallest absolute Gasteiger partial charge is 0.485 e. The Balaban J connectivity index is 1.23. The monoisotopic (exact) mass is 547 g/mol. The highest BCUT2D eigenvalue weighted by Gasteiger charge is 2.51. The van der Waals surface area contributed by atoms with E-state index >= 15 is 0 Å². The molecule has 3 heterocycles. The van der Waals surface area contributed by atoms with E-state index in [1.54, 1.807) is 19.9 Å². The molecule has 0 radical (unpaired) electrons. The van der Waals surface area contributed by atoms with Gasteiger partial charge >= 0.3 is 7.12 Å². The zero-order valence-corrected chi connectivity index (χ0v) is 24.3. The second-order valence-corrected chi connectivity index (χ2v) is 12.0. The number of ether oxygens (including phenoxy) is 4. The Labute approximate surface area is 236 Å². The molecule has 0 spiro atoms. The van der Waals surface area contributed by atoms with Crippen LogP contribution in [0, 0.1) is 6.92 Å². The highest BCUT2D eigenvalue weighted by atomic mass is 16.7. The number of fused-ring (bicyclic) bond motifs is 1. The van der Waals surface area contributed by atoms with E-state index in [4.69, 9.17) is 28.3 Å². The van der Waals surface area contributed by atoms with Gasteiger partial charge in [-0.25, -0.2) is 4.98 Å². The third kappa shape index (κ3) is 6.06. The maximum atomic E-state index is 9.87. The third-order valence-corrected chi connectivity index (χ3v) is 7.61. The molecule has 1 aromatic heterocycles. The minimum absolute atomic E-state index is 0.271. The summed E-state index contributed by atoms with van der Waals surface area (Å²) in [6, 6.07) is 17.2. The molecule has 2 aromatic carbocycles. The van der Waals surface area contributed by atoms with Crippen molar-refractivity contribution >= 4 is 12.6 Å². The van der Waals surface area contributed by atoms with Gasteiger partial charge in [0.05, 0.1) is 29.1 Å². The van der Waals surface area contributed by atoms with Crippen LogP contribution in [0.2, 0.25) is 0 Å². The molecule has 3 aromatic rings. The lowest BCUT2D eigenvalue weighted by atomic mass is 9.79. The molecular formula is C31H38BNO7. The normalized spacial score (nSPS) is 19.2. The number of benzene rings is 2. The minimum atomic E-state index is -0.787.